The van der Waals surface area contributed by atoms with Crippen LogP contribution < -0.4 is 10.2 Å². The van der Waals surface area contributed by atoms with E-state index in [0.717, 1.165) is 29.9 Å². The molecule has 0 aromatic carbocycles. The molecule has 0 amide bonds. The summed E-state index contributed by atoms with van der Waals surface area (Å²) in [6.45, 7) is 7.82. The van der Waals surface area contributed by atoms with E-state index in [-0.39, 0.29) is 0 Å². The predicted molar refractivity (Wildman–Crippen MR) is 84.5 cm³/mol. The largest absolute Gasteiger partial charge is 0.356 e. The number of aromatic nitrogens is 1. The highest BCUT2D eigenvalue weighted by Gasteiger charge is 2.29. The average molecular weight is 326 g/mol. The first-order valence-electron chi connectivity index (χ1n) is 7.12. The van der Waals surface area contributed by atoms with Crippen molar-refractivity contribution in [2.45, 2.75) is 39.7 Å². The van der Waals surface area contributed by atoms with Gasteiger partial charge >= 0.3 is 0 Å². The number of nitrogens with zero attached hydrogens (tertiary/aromatic N) is 2. The fourth-order valence-electron chi connectivity index (χ4n) is 2.69. The van der Waals surface area contributed by atoms with Crippen LogP contribution in [0.5, 0.6) is 0 Å². The van der Waals surface area contributed by atoms with Gasteiger partial charge in [-0.05, 0) is 47.3 Å². The fourth-order valence-corrected chi connectivity index (χ4v) is 3.07. The van der Waals surface area contributed by atoms with Crippen molar-refractivity contribution in [3.63, 3.8) is 0 Å². The molecular formula is C15H24BrN3. The number of anilines is 1. The monoisotopic (exact) mass is 325 g/mol. The van der Waals surface area contributed by atoms with Crippen LogP contribution in [-0.2, 0) is 6.54 Å². The van der Waals surface area contributed by atoms with Crippen molar-refractivity contribution < 1.29 is 0 Å². The zero-order valence-electron chi connectivity index (χ0n) is 12.2. The minimum absolute atomic E-state index is 0.523. The Bertz CT molecular complexity index is 425. The van der Waals surface area contributed by atoms with Crippen LogP contribution >= 0.6 is 15.9 Å². The number of nitrogens with one attached hydrogen (secondary N) is 1. The molecule has 0 unspecified atom stereocenters. The van der Waals surface area contributed by atoms with Gasteiger partial charge in [0.05, 0.1) is 0 Å². The molecular weight excluding hydrogens is 302 g/mol. The van der Waals surface area contributed by atoms with Gasteiger partial charge in [0.1, 0.15) is 5.82 Å². The summed E-state index contributed by atoms with van der Waals surface area (Å²) in [4.78, 5) is 7.07. The lowest BCUT2D eigenvalue weighted by Crippen LogP contribution is -2.39. The zero-order valence-corrected chi connectivity index (χ0v) is 13.8. The van der Waals surface area contributed by atoms with Crippen molar-refractivity contribution in [1.29, 1.82) is 0 Å². The van der Waals surface area contributed by atoms with Gasteiger partial charge in [-0.15, -0.1) is 0 Å². The van der Waals surface area contributed by atoms with Gasteiger partial charge in [0.2, 0.25) is 0 Å². The maximum absolute atomic E-state index is 4.63. The van der Waals surface area contributed by atoms with Gasteiger partial charge in [-0.3, -0.25) is 0 Å². The third-order valence-electron chi connectivity index (χ3n) is 4.40. The standard InChI is InChI=1S/C15H24BrN3/c1-4-15(2)5-7-19(8-6-15)14-12(10-17-3)9-13(16)11-18-14/h9,11,17H,4-8,10H2,1-3H3. The lowest BCUT2D eigenvalue weighted by atomic mass is 9.78. The van der Waals surface area contributed by atoms with Crippen LogP contribution in [0.4, 0.5) is 5.82 Å². The Balaban J connectivity index is 2.15. The van der Waals surface area contributed by atoms with Crippen LogP contribution in [0.25, 0.3) is 0 Å². The van der Waals surface area contributed by atoms with Crippen molar-refractivity contribution in [3.8, 4) is 0 Å². The van der Waals surface area contributed by atoms with E-state index in [4.69, 9.17) is 0 Å². The summed E-state index contributed by atoms with van der Waals surface area (Å²) in [6.07, 6.45) is 5.71. The zero-order chi connectivity index (χ0) is 13.9. The predicted octanol–water partition coefficient (Wildman–Crippen LogP) is 3.58. The highest BCUT2D eigenvalue weighted by atomic mass is 79.9. The van der Waals surface area contributed by atoms with E-state index in [1.165, 1.54) is 24.8 Å². The van der Waals surface area contributed by atoms with E-state index in [0.29, 0.717) is 5.41 Å². The summed E-state index contributed by atoms with van der Waals surface area (Å²) in [7, 11) is 1.98. The van der Waals surface area contributed by atoms with Crippen molar-refractivity contribution in [1.82, 2.24) is 10.3 Å². The van der Waals surface area contributed by atoms with E-state index in [1.807, 2.05) is 13.2 Å². The van der Waals surface area contributed by atoms with Crippen molar-refractivity contribution >= 4 is 21.7 Å². The molecule has 19 heavy (non-hydrogen) atoms. The minimum Gasteiger partial charge on any atom is -0.356 e. The van der Waals surface area contributed by atoms with E-state index in [9.17, 15) is 0 Å². The molecule has 0 aliphatic carbocycles. The molecule has 1 N–H and O–H groups in total. The van der Waals surface area contributed by atoms with Gasteiger partial charge in [-0.25, -0.2) is 4.98 Å². The molecule has 4 heteroatoms. The Kier molecular flexibility index (Phi) is 4.85. The summed E-state index contributed by atoms with van der Waals surface area (Å²) in [5.74, 6) is 1.15. The second kappa shape index (κ2) is 6.23. The summed E-state index contributed by atoms with van der Waals surface area (Å²) in [5.41, 5.74) is 1.80. The lowest BCUT2D eigenvalue weighted by molar-refractivity contribution is 0.237. The van der Waals surface area contributed by atoms with Crippen LogP contribution in [0.3, 0.4) is 0 Å². The summed E-state index contributed by atoms with van der Waals surface area (Å²) in [5, 5.41) is 3.23. The van der Waals surface area contributed by atoms with Crippen LogP contribution in [-0.4, -0.2) is 25.1 Å². The average Bonchev–Trinajstić information content (AvgIpc) is 2.41. The minimum atomic E-state index is 0.523. The Labute approximate surface area is 124 Å². The summed E-state index contributed by atoms with van der Waals surface area (Å²) < 4.78 is 1.05. The third-order valence-corrected chi connectivity index (χ3v) is 4.83. The summed E-state index contributed by atoms with van der Waals surface area (Å²) >= 11 is 3.51. The van der Waals surface area contributed by atoms with Gasteiger partial charge in [0, 0.05) is 35.9 Å². The first-order chi connectivity index (χ1) is 9.08. The Morgan fingerprint density at radius 1 is 1.42 bits per heavy atom. The SMILES string of the molecule is CCC1(C)CCN(c2ncc(Br)cc2CNC)CC1. The Morgan fingerprint density at radius 3 is 2.68 bits per heavy atom. The van der Waals surface area contributed by atoms with Gasteiger partial charge in [-0.2, -0.15) is 0 Å². The van der Waals surface area contributed by atoms with Crippen molar-refractivity contribution in [2.24, 2.45) is 5.41 Å². The fraction of sp³-hybridized carbons (Fsp3) is 0.667. The molecule has 1 aromatic heterocycles. The molecule has 1 fully saturated rings. The number of hydrogen-bond donors (Lipinski definition) is 1. The maximum atomic E-state index is 4.63. The number of rotatable bonds is 4. The molecule has 0 atom stereocenters. The Morgan fingerprint density at radius 2 is 2.11 bits per heavy atom. The second-order valence-electron chi connectivity index (χ2n) is 5.82. The lowest BCUT2D eigenvalue weighted by Gasteiger charge is -2.40. The van der Waals surface area contributed by atoms with Gasteiger partial charge in [-0.1, -0.05) is 20.3 Å². The van der Waals surface area contributed by atoms with E-state index in [2.05, 4.69) is 51.0 Å². The number of piperidine rings is 1. The van der Waals surface area contributed by atoms with E-state index < -0.39 is 0 Å². The molecule has 1 saturated heterocycles. The van der Waals surface area contributed by atoms with E-state index >= 15 is 0 Å². The van der Waals surface area contributed by atoms with Crippen LogP contribution in [0.1, 0.15) is 38.7 Å². The first kappa shape index (κ1) is 14.8. The highest BCUT2D eigenvalue weighted by molar-refractivity contribution is 9.10. The molecule has 0 radical (unpaired) electrons. The van der Waals surface area contributed by atoms with E-state index in [1.54, 1.807) is 0 Å². The maximum Gasteiger partial charge on any atom is 0.133 e. The molecule has 2 heterocycles. The molecule has 106 valence electrons. The molecule has 0 spiro atoms. The molecule has 1 aliphatic rings. The highest BCUT2D eigenvalue weighted by Crippen LogP contribution is 2.36. The topological polar surface area (TPSA) is 28.2 Å². The van der Waals surface area contributed by atoms with Gasteiger partial charge in [0.25, 0.3) is 0 Å². The van der Waals surface area contributed by atoms with Crippen molar-refractivity contribution in [2.75, 3.05) is 25.0 Å². The Hall–Kier alpha value is -0.610. The van der Waals surface area contributed by atoms with Gasteiger partial charge < -0.3 is 10.2 Å². The molecule has 1 aromatic rings. The quantitative estimate of drug-likeness (QED) is 0.917. The molecule has 2 rings (SSSR count). The van der Waals surface area contributed by atoms with Crippen LogP contribution in [0.15, 0.2) is 16.7 Å². The number of halogens is 1. The normalized spacial score (nSPS) is 18.6. The van der Waals surface area contributed by atoms with Crippen LogP contribution in [0, 0.1) is 5.41 Å². The van der Waals surface area contributed by atoms with Crippen LogP contribution in [0.2, 0.25) is 0 Å². The second-order valence-corrected chi connectivity index (χ2v) is 6.73. The number of pyridine rings is 1. The molecule has 0 bridgehead atoms. The summed E-state index contributed by atoms with van der Waals surface area (Å²) in [6, 6.07) is 2.17. The smallest absolute Gasteiger partial charge is 0.133 e. The molecule has 0 saturated carbocycles. The van der Waals surface area contributed by atoms with Gasteiger partial charge in [0.15, 0.2) is 0 Å². The number of hydrogen-bond acceptors (Lipinski definition) is 3. The molecule has 3 nitrogen and oxygen atoms in total. The third kappa shape index (κ3) is 3.48. The van der Waals surface area contributed by atoms with Crippen molar-refractivity contribution in [3.05, 3.63) is 22.3 Å². The molecule has 1 aliphatic heterocycles. The first-order valence-corrected chi connectivity index (χ1v) is 7.91.